The maximum absolute atomic E-state index is 15.4. The van der Waals surface area contributed by atoms with Crippen LogP contribution in [-0.4, -0.2) is 0 Å². The highest BCUT2D eigenvalue weighted by Gasteiger charge is 2.31. The molecule has 224 valence electrons. The van der Waals surface area contributed by atoms with Gasteiger partial charge in [0.25, 0.3) is 0 Å². The highest BCUT2D eigenvalue weighted by Crippen LogP contribution is 2.45. The van der Waals surface area contributed by atoms with Gasteiger partial charge in [0.05, 0.1) is 0 Å². The molecular formula is C39H47F3. The highest BCUT2D eigenvalue weighted by molar-refractivity contribution is 5.71. The van der Waals surface area contributed by atoms with Gasteiger partial charge in [-0.15, -0.1) is 0 Å². The smallest absolute Gasteiger partial charge is 0.166 e. The zero-order valence-electron chi connectivity index (χ0n) is 25.5. The third-order valence-electron chi connectivity index (χ3n) is 10.2. The molecule has 2 fully saturated rings. The summed E-state index contributed by atoms with van der Waals surface area (Å²) in [6.07, 6.45) is 19.8. The number of halogens is 3. The molecule has 42 heavy (non-hydrogen) atoms. The number of aryl methyl sites for hydroxylation is 1. The molecule has 2 aliphatic rings. The Morgan fingerprint density at radius 3 is 1.95 bits per heavy atom. The van der Waals surface area contributed by atoms with Gasteiger partial charge in [-0.1, -0.05) is 86.9 Å². The van der Waals surface area contributed by atoms with Crippen molar-refractivity contribution in [1.82, 2.24) is 0 Å². The number of rotatable bonds is 10. The Hall–Kier alpha value is -2.81. The summed E-state index contributed by atoms with van der Waals surface area (Å²) < 4.78 is 44.8. The number of unbranched alkanes of at least 4 members (excludes halogenated alkanes) is 1. The monoisotopic (exact) mass is 572 g/mol. The van der Waals surface area contributed by atoms with Crippen molar-refractivity contribution < 1.29 is 13.2 Å². The van der Waals surface area contributed by atoms with E-state index in [1.165, 1.54) is 51.4 Å². The van der Waals surface area contributed by atoms with Gasteiger partial charge in [-0.2, -0.15) is 0 Å². The summed E-state index contributed by atoms with van der Waals surface area (Å²) in [4.78, 5) is 0. The van der Waals surface area contributed by atoms with Crippen molar-refractivity contribution in [3.8, 4) is 22.3 Å². The van der Waals surface area contributed by atoms with Crippen LogP contribution in [0.2, 0.25) is 0 Å². The van der Waals surface area contributed by atoms with E-state index in [1.807, 2.05) is 13.0 Å². The van der Waals surface area contributed by atoms with Gasteiger partial charge < -0.3 is 0 Å². The van der Waals surface area contributed by atoms with Crippen LogP contribution in [0.3, 0.4) is 0 Å². The fourth-order valence-corrected chi connectivity index (χ4v) is 7.59. The fraction of sp³-hybridized carbons (Fsp3) is 0.487. The summed E-state index contributed by atoms with van der Waals surface area (Å²) in [7, 11) is 0. The maximum Gasteiger partial charge on any atom is 0.166 e. The van der Waals surface area contributed by atoms with E-state index in [0.29, 0.717) is 29.0 Å². The van der Waals surface area contributed by atoms with E-state index < -0.39 is 11.6 Å². The standard InChI is InChI=1S/C39H47F3/c1-3-5-7-8-27-10-12-28(13-11-27)29-14-16-30(17-15-29)34-23-24-35(37(40)26-34)31-18-20-32(21-19-31)36-25-22-33(9-6-4-2)38(41)39(36)42/h3,5,18-30H,4,6-17H2,1-2H3/b5-3+. The van der Waals surface area contributed by atoms with Gasteiger partial charge in [0.2, 0.25) is 0 Å². The molecule has 0 radical (unpaired) electrons. The molecule has 0 atom stereocenters. The van der Waals surface area contributed by atoms with Gasteiger partial charge in [0.15, 0.2) is 11.6 Å². The Labute approximate surface area is 251 Å². The van der Waals surface area contributed by atoms with Crippen molar-refractivity contribution in [2.75, 3.05) is 0 Å². The lowest BCUT2D eigenvalue weighted by atomic mass is 9.68. The number of allylic oxidation sites excluding steroid dienone is 2. The molecule has 2 aliphatic carbocycles. The Kier molecular flexibility index (Phi) is 10.6. The molecule has 0 heterocycles. The normalized spacial score (nSPS) is 23.0. The Morgan fingerprint density at radius 1 is 0.714 bits per heavy atom. The van der Waals surface area contributed by atoms with Gasteiger partial charge in [-0.25, -0.2) is 13.2 Å². The van der Waals surface area contributed by atoms with Crippen LogP contribution in [0, 0.1) is 35.2 Å². The predicted octanol–water partition coefficient (Wildman–Crippen LogP) is 12.2. The Morgan fingerprint density at radius 2 is 1.33 bits per heavy atom. The fourth-order valence-electron chi connectivity index (χ4n) is 7.59. The van der Waals surface area contributed by atoms with Crippen molar-refractivity contribution in [3.05, 3.63) is 95.3 Å². The minimum atomic E-state index is -0.811. The molecule has 0 nitrogen and oxygen atoms in total. The zero-order valence-corrected chi connectivity index (χ0v) is 25.5. The second-order valence-electron chi connectivity index (χ2n) is 12.9. The van der Waals surface area contributed by atoms with Crippen molar-refractivity contribution in [2.24, 2.45) is 17.8 Å². The summed E-state index contributed by atoms with van der Waals surface area (Å²) in [6.45, 7) is 4.14. The van der Waals surface area contributed by atoms with E-state index in [0.717, 1.165) is 54.6 Å². The molecule has 0 aliphatic heterocycles. The molecule has 0 bridgehead atoms. The highest BCUT2D eigenvalue weighted by atomic mass is 19.2. The first-order chi connectivity index (χ1) is 20.5. The molecule has 3 aromatic carbocycles. The molecule has 0 amide bonds. The molecule has 0 spiro atoms. The van der Waals surface area contributed by atoms with Crippen molar-refractivity contribution >= 4 is 0 Å². The van der Waals surface area contributed by atoms with E-state index in [-0.39, 0.29) is 11.4 Å². The summed E-state index contributed by atoms with van der Waals surface area (Å²) in [5.41, 5.74) is 3.65. The van der Waals surface area contributed by atoms with E-state index in [2.05, 4.69) is 25.1 Å². The second kappa shape index (κ2) is 14.6. The van der Waals surface area contributed by atoms with Crippen LogP contribution >= 0.6 is 0 Å². The number of hydrogen-bond donors (Lipinski definition) is 0. The van der Waals surface area contributed by atoms with Crippen molar-refractivity contribution in [3.63, 3.8) is 0 Å². The van der Waals surface area contributed by atoms with E-state index >= 15 is 4.39 Å². The predicted molar refractivity (Wildman–Crippen MR) is 170 cm³/mol. The van der Waals surface area contributed by atoms with Gasteiger partial charge >= 0.3 is 0 Å². The molecule has 0 saturated heterocycles. The zero-order chi connectivity index (χ0) is 29.5. The van der Waals surface area contributed by atoms with Crippen LogP contribution < -0.4 is 0 Å². The van der Waals surface area contributed by atoms with E-state index in [1.54, 1.807) is 42.5 Å². The molecule has 3 aromatic rings. The first-order valence-corrected chi connectivity index (χ1v) is 16.5. The second-order valence-corrected chi connectivity index (χ2v) is 12.9. The van der Waals surface area contributed by atoms with E-state index in [9.17, 15) is 8.78 Å². The molecule has 0 aromatic heterocycles. The lowest BCUT2D eigenvalue weighted by Gasteiger charge is -2.38. The third-order valence-corrected chi connectivity index (χ3v) is 10.2. The first kappa shape index (κ1) is 30.6. The van der Waals surface area contributed by atoms with Crippen molar-refractivity contribution in [2.45, 2.75) is 103 Å². The van der Waals surface area contributed by atoms with Crippen LogP contribution in [0.25, 0.3) is 22.3 Å². The minimum Gasteiger partial charge on any atom is -0.206 e. The summed E-state index contributed by atoms with van der Waals surface area (Å²) in [5.74, 6) is 1.29. The topological polar surface area (TPSA) is 0 Å². The van der Waals surface area contributed by atoms with E-state index in [4.69, 9.17) is 0 Å². The SMILES string of the molecule is C/C=C/CCC1CCC(C2CCC(c3ccc(-c4ccc(-c5ccc(CCCC)c(F)c5F)cc4)c(F)c3)CC2)CC1. The van der Waals surface area contributed by atoms with Crippen LogP contribution in [0.1, 0.15) is 108 Å². The molecule has 0 unspecified atom stereocenters. The number of hydrogen-bond acceptors (Lipinski definition) is 0. The van der Waals surface area contributed by atoms with Gasteiger partial charge in [0.1, 0.15) is 5.82 Å². The molecule has 2 saturated carbocycles. The first-order valence-electron chi connectivity index (χ1n) is 16.5. The van der Waals surface area contributed by atoms with Gasteiger partial charge in [0, 0.05) is 11.1 Å². The molecular weight excluding hydrogens is 525 g/mol. The quantitative estimate of drug-likeness (QED) is 0.212. The van der Waals surface area contributed by atoms with Crippen LogP contribution in [0.5, 0.6) is 0 Å². The van der Waals surface area contributed by atoms with Crippen molar-refractivity contribution in [1.29, 1.82) is 0 Å². The Bertz CT molecular complexity index is 1320. The molecule has 5 rings (SSSR count). The average molecular weight is 573 g/mol. The summed E-state index contributed by atoms with van der Waals surface area (Å²) in [5, 5.41) is 0. The molecule has 3 heteroatoms. The summed E-state index contributed by atoms with van der Waals surface area (Å²) >= 11 is 0. The van der Waals surface area contributed by atoms with Crippen LogP contribution in [0.15, 0.2) is 66.7 Å². The minimum absolute atomic E-state index is 0.212. The lowest BCUT2D eigenvalue weighted by molar-refractivity contribution is 0.157. The average Bonchev–Trinajstić information content (AvgIpc) is 3.02. The summed E-state index contributed by atoms with van der Waals surface area (Å²) in [6, 6.07) is 16.2. The largest absolute Gasteiger partial charge is 0.206 e. The Balaban J connectivity index is 1.18. The maximum atomic E-state index is 15.4. The third kappa shape index (κ3) is 7.21. The van der Waals surface area contributed by atoms with Gasteiger partial charge in [-0.05, 0) is 123 Å². The lowest BCUT2D eigenvalue weighted by Crippen LogP contribution is -2.25. The van der Waals surface area contributed by atoms with Crippen LogP contribution in [-0.2, 0) is 6.42 Å². The van der Waals surface area contributed by atoms with Gasteiger partial charge in [-0.3, -0.25) is 0 Å². The number of benzene rings is 3. The molecule has 0 N–H and O–H groups in total. The van der Waals surface area contributed by atoms with Crippen LogP contribution in [0.4, 0.5) is 13.2 Å².